The molecule has 49 heavy (non-hydrogen) atoms. The number of hydrogen-bond acceptors (Lipinski definition) is 8. The molecule has 7 atom stereocenters. The van der Waals surface area contributed by atoms with Crippen molar-refractivity contribution in [2.75, 3.05) is 19.8 Å². The van der Waals surface area contributed by atoms with Gasteiger partial charge in [0, 0.05) is 23.9 Å². The molecule has 1 aromatic carbocycles. The van der Waals surface area contributed by atoms with Gasteiger partial charge in [-0.05, 0) is 80.4 Å². The molecule has 4 aliphatic rings. The summed E-state index contributed by atoms with van der Waals surface area (Å²) in [7, 11) is -4.29. The number of hydrogen-bond donors (Lipinski definition) is 3. The predicted octanol–water partition coefficient (Wildman–Crippen LogP) is 5.47. The van der Waals surface area contributed by atoms with Gasteiger partial charge in [0.15, 0.2) is 0 Å². The van der Waals surface area contributed by atoms with Gasteiger partial charge in [-0.25, -0.2) is 9.78 Å². The monoisotopic (exact) mass is 696 g/mol. The van der Waals surface area contributed by atoms with Gasteiger partial charge >= 0.3 is 13.7 Å². The van der Waals surface area contributed by atoms with E-state index in [1.807, 2.05) is 19.1 Å². The summed E-state index contributed by atoms with van der Waals surface area (Å²) in [5.74, 6) is -1.05. The van der Waals surface area contributed by atoms with E-state index in [4.69, 9.17) is 14.0 Å². The molecule has 3 heterocycles. The molecule has 2 aromatic rings. The summed E-state index contributed by atoms with van der Waals surface area (Å²) in [6.45, 7) is 7.71. The van der Waals surface area contributed by atoms with Crippen molar-refractivity contribution in [3.8, 4) is 5.88 Å². The van der Waals surface area contributed by atoms with E-state index >= 15 is 0 Å². The second-order valence-electron chi connectivity index (χ2n) is 14.2. The lowest BCUT2D eigenvalue weighted by atomic mass is 9.83. The minimum atomic E-state index is -4.29. The number of nitrogens with zero attached hydrogens (tertiary/aromatic N) is 2. The molecule has 6 rings (SSSR count). The molecule has 2 aliphatic heterocycles. The van der Waals surface area contributed by atoms with E-state index in [1.165, 1.54) is 4.90 Å². The van der Waals surface area contributed by atoms with Crippen molar-refractivity contribution in [2.45, 2.75) is 102 Å². The van der Waals surface area contributed by atoms with Crippen LogP contribution in [-0.4, -0.2) is 75.9 Å². The molecular formula is C36H49N4O8P. The lowest BCUT2D eigenvalue weighted by Gasteiger charge is -2.35. The van der Waals surface area contributed by atoms with Crippen LogP contribution in [0.1, 0.15) is 77.2 Å². The van der Waals surface area contributed by atoms with E-state index in [-0.39, 0.29) is 44.4 Å². The first-order chi connectivity index (χ1) is 23.5. The Hall–Kier alpha value is -3.47. The lowest BCUT2D eigenvalue weighted by Crippen LogP contribution is -2.57. The molecule has 1 aromatic heterocycles. The number of aromatic nitrogens is 1. The van der Waals surface area contributed by atoms with Crippen LogP contribution >= 0.6 is 7.60 Å². The number of carbonyl (C=O) groups excluding carboxylic acids is 3. The predicted molar refractivity (Wildman–Crippen MR) is 184 cm³/mol. The van der Waals surface area contributed by atoms with E-state index in [1.54, 1.807) is 19.2 Å². The summed E-state index contributed by atoms with van der Waals surface area (Å²) in [6, 6.07) is 6.19. The van der Waals surface area contributed by atoms with Gasteiger partial charge in [0.1, 0.15) is 23.5 Å². The standard InChI is InChI=1S/C36H49N4O8P/c1-4-27-20-36(27,49(44,45)47-5-2)39-32(41)30-19-28-21-40(30)34(42)31(26-12-7-6-8-13-26)38-35(43)46-22-23(3)10-9-11-24-14-15-25-16-17-37-33(48-28)29(25)18-24/h4,14-18,23,26-28,30-31H,1,5-13,19-22H2,2-3H3,(H,38,43)(H,39,41)(H,44,45)/t23-,27?,28+,30-,31-,36?/m0/s1. The Morgan fingerprint density at radius 2 is 2.02 bits per heavy atom. The molecule has 12 nitrogen and oxygen atoms in total. The largest absolute Gasteiger partial charge is 0.472 e. The number of rotatable bonds is 7. The van der Waals surface area contributed by atoms with Crippen LogP contribution < -0.4 is 15.4 Å². The van der Waals surface area contributed by atoms with Crippen LogP contribution in [0.15, 0.2) is 43.1 Å². The third-order valence-electron chi connectivity index (χ3n) is 10.7. The third kappa shape index (κ3) is 7.51. The van der Waals surface area contributed by atoms with Crippen molar-refractivity contribution in [1.82, 2.24) is 20.5 Å². The Morgan fingerprint density at radius 3 is 2.76 bits per heavy atom. The zero-order valence-corrected chi connectivity index (χ0v) is 29.4. The van der Waals surface area contributed by atoms with Crippen LogP contribution in [0.25, 0.3) is 10.8 Å². The van der Waals surface area contributed by atoms with Crippen molar-refractivity contribution in [3.63, 3.8) is 0 Å². The molecule has 0 spiro atoms. The lowest BCUT2D eigenvalue weighted by molar-refractivity contribution is -0.141. The van der Waals surface area contributed by atoms with Crippen LogP contribution in [0.2, 0.25) is 0 Å². The number of aryl methyl sites for hydroxylation is 1. The SMILES string of the molecule is C=CC1CC1(NC(=O)[C@@H]1C[C@@H]2CN1C(=O)[C@H](C1CCCCC1)NC(=O)OC[C@@H](C)CCCc1ccc3ccnc(c3c1)O2)P(=O)(O)OCC. The Kier molecular flexibility index (Phi) is 10.7. The number of cyclic esters (lactones) is 1. The van der Waals surface area contributed by atoms with Gasteiger partial charge in [0.2, 0.25) is 17.7 Å². The highest BCUT2D eigenvalue weighted by Crippen LogP contribution is 2.70. The summed E-state index contributed by atoms with van der Waals surface area (Å²) in [5.41, 5.74) is 1.13. The number of carbonyl (C=O) groups is 3. The van der Waals surface area contributed by atoms with Gasteiger partial charge in [-0.3, -0.25) is 14.2 Å². The van der Waals surface area contributed by atoms with Crippen molar-refractivity contribution in [2.24, 2.45) is 17.8 Å². The fourth-order valence-corrected chi connectivity index (χ4v) is 9.59. The number of fused-ring (bicyclic) bond motifs is 3. The molecule has 3 fully saturated rings. The number of nitrogens with one attached hydrogen (secondary N) is 2. The molecule has 3 unspecified atom stereocenters. The molecule has 2 saturated carbocycles. The molecule has 266 valence electrons. The van der Waals surface area contributed by atoms with Crippen LogP contribution in [0.4, 0.5) is 4.79 Å². The number of alkyl carbamates (subject to hydrolysis) is 1. The second-order valence-corrected chi connectivity index (χ2v) is 16.3. The highest BCUT2D eigenvalue weighted by Gasteiger charge is 2.67. The highest BCUT2D eigenvalue weighted by atomic mass is 31.2. The van der Waals surface area contributed by atoms with Gasteiger partial charge in [0.25, 0.3) is 0 Å². The number of pyridine rings is 1. The number of benzene rings is 1. The Labute approximate surface area is 287 Å². The van der Waals surface area contributed by atoms with Crippen molar-refractivity contribution in [1.29, 1.82) is 0 Å². The Bertz CT molecular complexity index is 1610. The minimum Gasteiger partial charge on any atom is -0.472 e. The number of amides is 3. The maximum atomic E-state index is 14.6. The first-order valence-corrected chi connectivity index (χ1v) is 19.3. The van der Waals surface area contributed by atoms with Gasteiger partial charge in [-0.2, -0.15) is 0 Å². The first kappa shape index (κ1) is 35.4. The topological polar surface area (TPSA) is 156 Å². The van der Waals surface area contributed by atoms with E-state index in [2.05, 4.69) is 34.3 Å². The fraction of sp³-hybridized carbons (Fsp3) is 0.611. The minimum absolute atomic E-state index is 0.0113. The average Bonchev–Trinajstić information content (AvgIpc) is 3.66. The molecule has 3 amide bonds. The molecular weight excluding hydrogens is 647 g/mol. The van der Waals surface area contributed by atoms with Crippen LogP contribution in [-0.2, 0) is 29.8 Å². The molecule has 13 heteroatoms. The molecule has 2 aliphatic carbocycles. The summed E-state index contributed by atoms with van der Waals surface area (Å²) in [5, 5.41) is 5.99. The maximum absolute atomic E-state index is 14.6. The average molecular weight is 697 g/mol. The van der Waals surface area contributed by atoms with E-state index in [9.17, 15) is 23.8 Å². The highest BCUT2D eigenvalue weighted by molar-refractivity contribution is 7.55. The molecule has 1 saturated heterocycles. The fourth-order valence-electron chi connectivity index (χ4n) is 7.80. The second kappa shape index (κ2) is 14.8. The zero-order chi connectivity index (χ0) is 34.8. The smallest absolute Gasteiger partial charge is 0.407 e. The van der Waals surface area contributed by atoms with E-state index < -0.39 is 54.9 Å². The molecule has 4 bridgehead atoms. The Morgan fingerprint density at radius 1 is 1.22 bits per heavy atom. The summed E-state index contributed by atoms with van der Waals surface area (Å²) >= 11 is 0. The third-order valence-corrected chi connectivity index (χ3v) is 12.9. The maximum Gasteiger partial charge on any atom is 0.407 e. The van der Waals surface area contributed by atoms with Gasteiger partial charge in [0.05, 0.1) is 19.8 Å². The van der Waals surface area contributed by atoms with Gasteiger partial charge in [-0.15, -0.1) is 6.58 Å². The van der Waals surface area contributed by atoms with Crippen LogP contribution in [0.5, 0.6) is 5.88 Å². The summed E-state index contributed by atoms with van der Waals surface area (Å²) < 4.78 is 30.8. The molecule has 0 radical (unpaired) electrons. The van der Waals surface area contributed by atoms with E-state index in [0.29, 0.717) is 5.88 Å². The van der Waals surface area contributed by atoms with Crippen LogP contribution in [0, 0.1) is 17.8 Å². The quantitative estimate of drug-likeness (QED) is 0.252. The van der Waals surface area contributed by atoms with Crippen LogP contribution in [0.3, 0.4) is 0 Å². The normalized spacial score (nSPS) is 31.1. The van der Waals surface area contributed by atoms with Crippen molar-refractivity contribution in [3.05, 3.63) is 48.7 Å². The number of ether oxygens (including phenoxy) is 2. The van der Waals surface area contributed by atoms with Gasteiger partial charge in [-0.1, -0.05) is 44.4 Å². The molecule has 3 N–H and O–H groups in total. The zero-order valence-electron chi connectivity index (χ0n) is 28.5. The first-order valence-electron chi connectivity index (χ1n) is 17.7. The van der Waals surface area contributed by atoms with E-state index in [0.717, 1.165) is 67.7 Å². The van der Waals surface area contributed by atoms with Crippen molar-refractivity contribution >= 4 is 36.3 Å². The summed E-state index contributed by atoms with van der Waals surface area (Å²) in [4.78, 5) is 59.0. The van der Waals surface area contributed by atoms with Gasteiger partial charge < -0.3 is 34.4 Å². The summed E-state index contributed by atoms with van der Waals surface area (Å²) in [6.07, 6.45) is 9.29. The Balaban J connectivity index is 1.36. The van der Waals surface area contributed by atoms with Crippen molar-refractivity contribution < 1.29 is 37.8 Å².